The molecule has 0 unspecified atom stereocenters. The quantitative estimate of drug-likeness (QED) is 0.662. The van der Waals surface area contributed by atoms with Gasteiger partial charge in [0.1, 0.15) is 0 Å². The van der Waals surface area contributed by atoms with E-state index in [1.807, 2.05) is 13.8 Å². The van der Waals surface area contributed by atoms with Crippen LogP contribution < -0.4 is 0 Å². The lowest BCUT2D eigenvalue weighted by atomic mass is 10.2. The maximum atomic E-state index is 11.3. The second kappa shape index (κ2) is 4.65. The second-order valence-corrected chi connectivity index (χ2v) is 3.28. The molecule has 1 radical (unpaired) electrons. The highest BCUT2D eigenvalue weighted by atomic mass is 16.5. The fourth-order valence-corrected chi connectivity index (χ4v) is 0.846. The van der Waals surface area contributed by atoms with Crippen molar-refractivity contribution in [2.24, 2.45) is 5.92 Å². The molecular weight excluding hydrogens is 164 g/mol. The van der Waals surface area contributed by atoms with Gasteiger partial charge in [-0.1, -0.05) is 26.0 Å². The first-order valence-electron chi connectivity index (χ1n) is 4.33. The lowest BCUT2D eigenvalue weighted by Gasteiger charge is -2.06. The molecule has 0 aromatic heterocycles. The Morgan fingerprint density at radius 3 is 2.92 bits per heavy atom. The lowest BCUT2D eigenvalue weighted by Crippen LogP contribution is -2.09. The van der Waals surface area contributed by atoms with E-state index in [2.05, 4.69) is 6.07 Å². The summed E-state index contributed by atoms with van der Waals surface area (Å²) in [5.41, 5.74) is 0.558. The molecule has 0 atom stereocenters. The minimum Gasteiger partial charge on any atom is -0.462 e. The van der Waals surface area contributed by atoms with Gasteiger partial charge in [-0.05, 0) is 24.1 Å². The Morgan fingerprint density at radius 1 is 1.62 bits per heavy atom. The lowest BCUT2D eigenvalue weighted by molar-refractivity contribution is 0.0459. The highest BCUT2D eigenvalue weighted by molar-refractivity contribution is 5.89. The molecule has 0 heterocycles. The van der Waals surface area contributed by atoms with Crippen LogP contribution >= 0.6 is 0 Å². The van der Waals surface area contributed by atoms with Crippen molar-refractivity contribution in [3.05, 3.63) is 35.9 Å². The van der Waals surface area contributed by atoms with Crippen molar-refractivity contribution in [2.45, 2.75) is 13.8 Å². The topological polar surface area (TPSA) is 26.3 Å². The van der Waals surface area contributed by atoms with Gasteiger partial charge >= 0.3 is 5.97 Å². The fourth-order valence-electron chi connectivity index (χ4n) is 0.846. The first-order chi connectivity index (χ1) is 6.20. The van der Waals surface area contributed by atoms with E-state index < -0.39 is 0 Å². The van der Waals surface area contributed by atoms with Crippen LogP contribution in [0.4, 0.5) is 0 Å². The van der Waals surface area contributed by atoms with E-state index in [1.165, 1.54) is 0 Å². The first kappa shape index (κ1) is 9.78. The van der Waals surface area contributed by atoms with Gasteiger partial charge in [-0.15, -0.1) is 0 Å². The number of benzene rings is 1. The van der Waals surface area contributed by atoms with E-state index in [9.17, 15) is 4.79 Å². The Labute approximate surface area is 78.5 Å². The van der Waals surface area contributed by atoms with Crippen LogP contribution in [0.15, 0.2) is 24.3 Å². The smallest absolute Gasteiger partial charge is 0.338 e. The predicted octanol–water partition coefficient (Wildman–Crippen LogP) is 2.30. The molecule has 0 saturated carbocycles. The van der Waals surface area contributed by atoms with Gasteiger partial charge in [-0.3, -0.25) is 0 Å². The maximum Gasteiger partial charge on any atom is 0.338 e. The summed E-state index contributed by atoms with van der Waals surface area (Å²) in [6, 6.07) is 9.70. The molecule has 0 amide bonds. The van der Waals surface area contributed by atoms with Gasteiger partial charge in [-0.2, -0.15) is 0 Å². The molecule has 1 aromatic rings. The molecule has 2 heteroatoms. The highest BCUT2D eigenvalue weighted by Crippen LogP contribution is 2.02. The summed E-state index contributed by atoms with van der Waals surface area (Å²) in [6.07, 6.45) is 0. The van der Waals surface area contributed by atoms with Gasteiger partial charge in [0.05, 0.1) is 12.2 Å². The van der Waals surface area contributed by atoms with Crippen LogP contribution in [-0.2, 0) is 4.74 Å². The van der Waals surface area contributed by atoms with Crippen molar-refractivity contribution in [1.29, 1.82) is 0 Å². The van der Waals surface area contributed by atoms with Crippen LogP contribution in [0, 0.1) is 12.0 Å². The Morgan fingerprint density at radius 2 is 2.38 bits per heavy atom. The van der Waals surface area contributed by atoms with E-state index in [4.69, 9.17) is 4.74 Å². The molecule has 0 aliphatic heterocycles. The standard InChI is InChI=1S/C11H13O2/c1-9(2)8-13-11(12)10-6-4-3-5-7-10/h3-4,6-7,9H,8H2,1-2H3. The molecule has 69 valence electrons. The molecular formula is C11H13O2. The zero-order chi connectivity index (χ0) is 9.68. The van der Waals surface area contributed by atoms with Crippen molar-refractivity contribution in [3.63, 3.8) is 0 Å². The minimum atomic E-state index is -0.273. The Bertz CT molecular complexity index is 265. The molecule has 13 heavy (non-hydrogen) atoms. The number of carbonyl (C=O) groups excluding carboxylic acids is 1. The number of rotatable bonds is 3. The van der Waals surface area contributed by atoms with Crippen LogP contribution in [0.3, 0.4) is 0 Å². The summed E-state index contributed by atoms with van der Waals surface area (Å²) in [5, 5.41) is 0. The average Bonchev–Trinajstić information content (AvgIpc) is 2.15. The fraction of sp³-hybridized carbons (Fsp3) is 0.364. The van der Waals surface area contributed by atoms with Crippen molar-refractivity contribution < 1.29 is 9.53 Å². The molecule has 0 saturated heterocycles. The number of ether oxygens (including phenoxy) is 1. The van der Waals surface area contributed by atoms with Crippen LogP contribution in [0.1, 0.15) is 24.2 Å². The van der Waals surface area contributed by atoms with Crippen molar-refractivity contribution in [2.75, 3.05) is 6.61 Å². The SMILES string of the molecule is CC(C)COC(=O)c1c[c]ccc1. The highest BCUT2D eigenvalue weighted by Gasteiger charge is 2.06. The van der Waals surface area contributed by atoms with Crippen LogP contribution in [0.5, 0.6) is 0 Å². The Hall–Kier alpha value is -1.31. The third-order valence-corrected chi connectivity index (χ3v) is 1.49. The van der Waals surface area contributed by atoms with Gasteiger partial charge in [0, 0.05) is 0 Å². The largest absolute Gasteiger partial charge is 0.462 e. The van der Waals surface area contributed by atoms with Crippen LogP contribution in [0.2, 0.25) is 0 Å². The van der Waals surface area contributed by atoms with Crippen LogP contribution in [-0.4, -0.2) is 12.6 Å². The van der Waals surface area contributed by atoms with Gasteiger partial charge in [-0.25, -0.2) is 4.79 Å². The third kappa shape index (κ3) is 3.28. The molecule has 2 nitrogen and oxygen atoms in total. The summed E-state index contributed by atoms with van der Waals surface area (Å²) < 4.78 is 5.03. The predicted molar refractivity (Wildman–Crippen MR) is 50.4 cm³/mol. The van der Waals surface area contributed by atoms with Crippen molar-refractivity contribution in [3.8, 4) is 0 Å². The van der Waals surface area contributed by atoms with Gasteiger partial charge < -0.3 is 4.74 Å². The molecule has 1 aromatic carbocycles. The van der Waals surface area contributed by atoms with Gasteiger partial charge in [0.2, 0.25) is 0 Å². The summed E-state index contributed by atoms with van der Waals surface area (Å²) in [6.45, 7) is 4.47. The molecule has 0 N–H and O–H groups in total. The van der Waals surface area contributed by atoms with E-state index in [-0.39, 0.29) is 5.97 Å². The number of carbonyl (C=O) groups is 1. The zero-order valence-electron chi connectivity index (χ0n) is 7.91. The van der Waals surface area contributed by atoms with Crippen LogP contribution in [0.25, 0.3) is 0 Å². The van der Waals surface area contributed by atoms with E-state index in [0.29, 0.717) is 18.1 Å². The maximum absolute atomic E-state index is 11.3. The van der Waals surface area contributed by atoms with Gasteiger partial charge in [0.15, 0.2) is 0 Å². The van der Waals surface area contributed by atoms with Crippen molar-refractivity contribution >= 4 is 5.97 Å². The second-order valence-electron chi connectivity index (χ2n) is 3.28. The third-order valence-electron chi connectivity index (χ3n) is 1.49. The molecule has 1 rings (SSSR count). The minimum absolute atomic E-state index is 0.273. The zero-order valence-corrected chi connectivity index (χ0v) is 7.91. The average molecular weight is 177 g/mol. The molecule has 0 bridgehead atoms. The number of hydrogen-bond acceptors (Lipinski definition) is 2. The number of esters is 1. The normalized spacial score (nSPS) is 10.1. The molecule has 0 aliphatic carbocycles. The summed E-state index contributed by atoms with van der Waals surface area (Å²) in [7, 11) is 0. The summed E-state index contributed by atoms with van der Waals surface area (Å²) in [5.74, 6) is 0.0993. The Kier molecular flexibility index (Phi) is 3.50. The molecule has 0 spiro atoms. The van der Waals surface area contributed by atoms with E-state index in [0.717, 1.165) is 0 Å². The number of hydrogen-bond donors (Lipinski definition) is 0. The van der Waals surface area contributed by atoms with Gasteiger partial charge in [0.25, 0.3) is 0 Å². The molecule has 0 aliphatic rings. The first-order valence-corrected chi connectivity index (χ1v) is 4.33. The molecule has 0 fully saturated rings. The monoisotopic (exact) mass is 177 g/mol. The Balaban J connectivity index is 2.50. The summed E-state index contributed by atoms with van der Waals surface area (Å²) >= 11 is 0. The summed E-state index contributed by atoms with van der Waals surface area (Å²) in [4.78, 5) is 11.3. The van der Waals surface area contributed by atoms with E-state index in [1.54, 1.807) is 24.3 Å². The van der Waals surface area contributed by atoms with Crippen molar-refractivity contribution in [1.82, 2.24) is 0 Å². The van der Waals surface area contributed by atoms with E-state index >= 15 is 0 Å².